The Morgan fingerprint density at radius 3 is 2.64 bits per heavy atom. The van der Waals surface area contributed by atoms with Gasteiger partial charge in [-0.05, 0) is 43.4 Å². The number of nitrogens with one attached hydrogen (secondary N) is 1. The number of rotatable bonds is 6. The number of hydrogen-bond donors (Lipinski definition) is 1. The third kappa shape index (κ3) is 4.83. The van der Waals surface area contributed by atoms with E-state index >= 15 is 0 Å². The summed E-state index contributed by atoms with van der Waals surface area (Å²) in [7, 11) is -3.63. The number of hydrogen-bond acceptors (Lipinski definition) is 8. The Morgan fingerprint density at radius 2 is 1.86 bits per heavy atom. The average Bonchev–Trinajstić information content (AvgIpc) is 3.36. The fourth-order valence-electron chi connectivity index (χ4n) is 4.23. The predicted octanol–water partition coefficient (Wildman–Crippen LogP) is 4.68. The molecule has 1 saturated heterocycles. The van der Waals surface area contributed by atoms with Crippen molar-refractivity contribution in [3.63, 3.8) is 0 Å². The fraction of sp³-hybridized carbons (Fsp3) is 0.240. The van der Waals surface area contributed by atoms with Crippen molar-refractivity contribution in [3.05, 3.63) is 70.4 Å². The Balaban J connectivity index is 1.25. The van der Waals surface area contributed by atoms with Gasteiger partial charge in [-0.1, -0.05) is 30.3 Å². The smallest absolute Gasteiger partial charge is 0.345 e. The lowest BCUT2D eigenvalue weighted by Crippen LogP contribution is -2.41. The lowest BCUT2D eigenvalue weighted by Gasteiger charge is -2.30. The number of thioether (sulfide) groups is 1. The maximum absolute atomic E-state index is 13.2. The Kier molecular flexibility index (Phi) is 6.98. The third-order valence-electron chi connectivity index (χ3n) is 6.16. The molecule has 36 heavy (non-hydrogen) atoms. The summed E-state index contributed by atoms with van der Waals surface area (Å²) < 4.78 is 33.1. The second-order valence-corrected chi connectivity index (χ2v) is 12.0. The second-order valence-electron chi connectivity index (χ2n) is 8.34. The lowest BCUT2D eigenvalue weighted by atomic mass is 9.97. The van der Waals surface area contributed by atoms with E-state index in [2.05, 4.69) is 10.3 Å². The van der Waals surface area contributed by atoms with Crippen LogP contribution in [0.15, 0.2) is 79.0 Å². The minimum Gasteiger partial charge on any atom is -0.422 e. The van der Waals surface area contributed by atoms with E-state index in [-0.39, 0.29) is 24.9 Å². The maximum Gasteiger partial charge on any atom is 0.345 e. The predicted molar refractivity (Wildman–Crippen MR) is 142 cm³/mol. The van der Waals surface area contributed by atoms with Crippen molar-refractivity contribution in [2.24, 2.45) is 5.92 Å². The van der Waals surface area contributed by atoms with Crippen molar-refractivity contribution in [3.8, 4) is 11.3 Å². The fourth-order valence-corrected chi connectivity index (χ4v) is 7.54. The van der Waals surface area contributed by atoms with Crippen LogP contribution >= 0.6 is 23.1 Å². The molecule has 2 aromatic heterocycles. The second kappa shape index (κ2) is 10.2. The highest BCUT2D eigenvalue weighted by Crippen LogP contribution is 2.31. The van der Waals surface area contributed by atoms with E-state index < -0.39 is 15.6 Å². The van der Waals surface area contributed by atoms with Crippen LogP contribution in [-0.2, 0) is 14.8 Å². The summed E-state index contributed by atoms with van der Waals surface area (Å²) in [4.78, 5) is 30.7. The topological polar surface area (TPSA) is 110 Å². The zero-order valence-corrected chi connectivity index (χ0v) is 21.8. The lowest BCUT2D eigenvalue weighted by molar-refractivity contribution is -0.120. The highest BCUT2D eigenvalue weighted by molar-refractivity contribution is 7.99. The van der Waals surface area contributed by atoms with E-state index in [9.17, 15) is 18.0 Å². The van der Waals surface area contributed by atoms with Gasteiger partial charge in [0, 0.05) is 34.7 Å². The number of thiazole rings is 1. The maximum atomic E-state index is 13.2. The summed E-state index contributed by atoms with van der Waals surface area (Å²) >= 11 is 2.62. The first kappa shape index (κ1) is 24.7. The number of sulfonamides is 1. The summed E-state index contributed by atoms with van der Waals surface area (Å²) in [5, 5.41) is 5.70. The van der Waals surface area contributed by atoms with Gasteiger partial charge >= 0.3 is 5.63 Å². The summed E-state index contributed by atoms with van der Waals surface area (Å²) in [6.45, 7) is 0.536. The highest BCUT2D eigenvalue weighted by atomic mass is 32.2. The molecule has 1 fully saturated rings. The van der Waals surface area contributed by atoms with Crippen molar-refractivity contribution in [1.29, 1.82) is 0 Å². The zero-order chi connectivity index (χ0) is 25.3. The Bertz CT molecular complexity index is 1590. The number of piperidine rings is 1. The van der Waals surface area contributed by atoms with E-state index in [1.165, 1.54) is 27.4 Å². The van der Waals surface area contributed by atoms with Crippen molar-refractivity contribution in [2.75, 3.05) is 24.7 Å². The molecule has 0 atom stereocenters. The van der Waals surface area contributed by atoms with Crippen LogP contribution < -0.4 is 10.9 Å². The van der Waals surface area contributed by atoms with Gasteiger partial charge < -0.3 is 9.73 Å². The standard InChI is InChI=1S/C25H23N3O5S3/c1-34-21-8-4-5-9-22(21)36(31,32)28-12-10-16(11-13-28)23(29)27-25-26-19(15-35-25)18-14-17-6-2-3-7-20(17)33-24(18)30/h2-9,14-16H,10-13H2,1H3,(H,26,27,29). The van der Waals surface area contributed by atoms with E-state index in [4.69, 9.17) is 4.42 Å². The Labute approximate surface area is 216 Å². The molecule has 5 rings (SSSR count). The van der Waals surface area contributed by atoms with Gasteiger partial charge in [0.1, 0.15) is 5.58 Å². The van der Waals surface area contributed by atoms with Gasteiger partial charge in [0.15, 0.2) is 5.13 Å². The molecule has 1 aliphatic heterocycles. The molecule has 0 unspecified atom stereocenters. The number of fused-ring (bicyclic) bond motifs is 1. The van der Waals surface area contributed by atoms with Gasteiger partial charge in [-0.25, -0.2) is 18.2 Å². The normalized spacial score (nSPS) is 15.2. The Morgan fingerprint density at radius 1 is 1.14 bits per heavy atom. The van der Waals surface area contributed by atoms with Crippen LogP contribution in [0.2, 0.25) is 0 Å². The van der Waals surface area contributed by atoms with Crippen LogP contribution in [-0.4, -0.2) is 43.0 Å². The molecule has 186 valence electrons. The molecule has 1 amide bonds. The van der Waals surface area contributed by atoms with Gasteiger partial charge in [-0.15, -0.1) is 23.1 Å². The highest BCUT2D eigenvalue weighted by Gasteiger charge is 2.33. The van der Waals surface area contributed by atoms with Crippen molar-refractivity contribution < 1.29 is 17.6 Å². The van der Waals surface area contributed by atoms with Gasteiger partial charge in [-0.2, -0.15) is 4.31 Å². The third-order valence-corrected chi connectivity index (χ3v) is 9.80. The van der Waals surface area contributed by atoms with Crippen molar-refractivity contribution >= 4 is 55.1 Å². The first-order valence-corrected chi connectivity index (χ1v) is 14.8. The van der Waals surface area contributed by atoms with Crippen LogP contribution in [0, 0.1) is 5.92 Å². The molecule has 1 aliphatic rings. The molecule has 3 heterocycles. The monoisotopic (exact) mass is 541 g/mol. The van der Waals surface area contributed by atoms with Gasteiger partial charge in [0.25, 0.3) is 0 Å². The van der Waals surface area contributed by atoms with Gasteiger partial charge in [0.2, 0.25) is 15.9 Å². The van der Waals surface area contributed by atoms with Gasteiger partial charge in [-0.3, -0.25) is 4.79 Å². The van der Waals surface area contributed by atoms with E-state index in [0.717, 1.165) is 5.39 Å². The number of carbonyl (C=O) groups is 1. The molecule has 2 aromatic carbocycles. The number of amides is 1. The Hall–Kier alpha value is -2.99. The van der Waals surface area contributed by atoms with Crippen molar-refractivity contribution in [2.45, 2.75) is 22.6 Å². The van der Waals surface area contributed by atoms with Crippen LogP contribution in [0.4, 0.5) is 5.13 Å². The first-order chi connectivity index (χ1) is 17.4. The number of benzene rings is 2. The molecule has 0 bridgehead atoms. The molecule has 4 aromatic rings. The summed E-state index contributed by atoms with van der Waals surface area (Å²) in [5.41, 5.74) is 0.770. The largest absolute Gasteiger partial charge is 0.422 e. The molecule has 0 spiro atoms. The molecule has 11 heteroatoms. The first-order valence-electron chi connectivity index (χ1n) is 11.3. The summed E-state index contributed by atoms with van der Waals surface area (Å²) in [5.74, 6) is -0.534. The molecule has 8 nitrogen and oxygen atoms in total. The number of nitrogens with zero attached hydrogens (tertiary/aromatic N) is 2. The molecule has 1 N–H and O–H groups in total. The van der Waals surface area contributed by atoms with Crippen molar-refractivity contribution in [1.82, 2.24) is 9.29 Å². The van der Waals surface area contributed by atoms with Crippen LogP contribution in [0.3, 0.4) is 0 Å². The number of para-hydroxylation sites is 1. The average molecular weight is 542 g/mol. The summed E-state index contributed by atoms with van der Waals surface area (Å²) in [6.07, 6.45) is 2.68. The van der Waals surface area contributed by atoms with Crippen LogP contribution in [0.25, 0.3) is 22.2 Å². The zero-order valence-electron chi connectivity index (χ0n) is 19.3. The van der Waals surface area contributed by atoms with E-state index in [1.807, 2.05) is 24.5 Å². The minimum atomic E-state index is -3.63. The molecule has 0 radical (unpaired) electrons. The van der Waals surface area contributed by atoms with E-state index in [1.54, 1.807) is 41.8 Å². The molecular weight excluding hydrogens is 518 g/mol. The SMILES string of the molecule is CSc1ccccc1S(=O)(=O)N1CCC(C(=O)Nc2nc(-c3cc4ccccc4oc3=O)cs2)CC1. The molecule has 0 saturated carbocycles. The van der Waals surface area contributed by atoms with E-state index in [0.29, 0.717) is 44.6 Å². The number of aromatic nitrogens is 1. The number of carbonyl (C=O) groups excluding carboxylic acids is 1. The van der Waals surface area contributed by atoms with Gasteiger partial charge in [0.05, 0.1) is 16.2 Å². The quantitative estimate of drug-likeness (QED) is 0.279. The molecular formula is C25H23N3O5S3. The number of anilines is 1. The summed E-state index contributed by atoms with van der Waals surface area (Å²) in [6, 6.07) is 15.9. The molecule has 0 aliphatic carbocycles. The van der Waals surface area contributed by atoms with Crippen LogP contribution in [0.1, 0.15) is 12.8 Å². The minimum absolute atomic E-state index is 0.206. The van der Waals surface area contributed by atoms with Crippen LogP contribution in [0.5, 0.6) is 0 Å².